The Morgan fingerprint density at radius 3 is 2.26 bits per heavy atom. The summed E-state index contributed by atoms with van der Waals surface area (Å²) < 4.78 is 5.71. The minimum atomic E-state index is -1.03. The summed E-state index contributed by atoms with van der Waals surface area (Å²) in [7, 11) is 0. The summed E-state index contributed by atoms with van der Waals surface area (Å²) in [6.45, 7) is 1.55. The summed E-state index contributed by atoms with van der Waals surface area (Å²) in [5.74, 6) is -2.02. The van der Waals surface area contributed by atoms with Gasteiger partial charge in [0.25, 0.3) is 5.91 Å². The van der Waals surface area contributed by atoms with E-state index in [-0.39, 0.29) is 33.7 Å². The third-order valence-corrected chi connectivity index (χ3v) is 6.08. The first kappa shape index (κ1) is 26.7. The van der Waals surface area contributed by atoms with E-state index in [0.29, 0.717) is 16.8 Å². The summed E-state index contributed by atoms with van der Waals surface area (Å²) in [4.78, 5) is 49.3. The van der Waals surface area contributed by atoms with Gasteiger partial charge < -0.3 is 20.5 Å². The lowest BCUT2D eigenvalue weighted by Gasteiger charge is -2.12. The first-order chi connectivity index (χ1) is 18.1. The van der Waals surface area contributed by atoms with Crippen LogP contribution in [0.5, 0.6) is 5.75 Å². The van der Waals surface area contributed by atoms with E-state index in [9.17, 15) is 19.2 Å². The molecule has 0 bridgehead atoms. The molecule has 0 aliphatic carbocycles. The number of nitrogens with one attached hydrogen (secondary N) is 2. The number of carbonyl (C=O) groups excluding carboxylic acids is 3. The van der Waals surface area contributed by atoms with Gasteiger partial charge in [0.1, 0.15) is 18.8 Å². The van der Waals surface area contributed by atoms with Gasteiger partial charge in [-0.3, -0.25) is 9.59 Å². The van der Waals surface area contributed by atoms with Crippen molar-refractivity contribution in [3.8, 4) is 5.75 Å². The van der Waals surface area contributed by atoms with Crippen LogP contribution in [0.4, 0.5) is 10.5 Å². The number of carboxylic acid groups (broad SMARTS) is 1. The molecule has 38 heavy (non-hydrogen) atoms. The lowest BCUT2D eigenvalue weighted by molar-refractivity contribution is -0.127. The van der Waals surface area contributed by atoms with E-state index in [0.717, 1.165) is 10.5 Å². The van der Waals surface area contributed by atoms with E-state index < -0.39 is 30.4 Å². The number of benzene rings is 3. The lowest BCUT2D eigenvalue weighted by atomic mass is 10.1. The molecule has 0 spiro atoms. The first-order valence-corrected chi connectivity index (χ1v) is 12.0. The van der Waals surface area contributed by atoms with Crippen molar-refractivity contribution in [1.29, 1.82) is 0 Å². The van der Waals surface area contributed by atoms with Gasteiger partial charge in [0.15, 0.2) is 5.75 Å². The number of rotatable bonds is 8. The maximum atomic E-state index is 12.8. The van der Waals surface area contributed by atoms with E-state index in [4.69, 9.17) is 33.0 Å². The fourth-order valence-electron chi connectivity index (χ4n) is 3.56. The average molecular weight is 554 g/mol. The maximum absolute atomic E-state index is 12.8. The number of nitrogens with zero attached hydrogens (tertiary/aromatic N) is 1. The van der Waals surface area contributed by atoms with Crippen molar-refractivity contribution in [2.45, 2.75) is 13.5 Å². The van der Waals surface area contributed by atoms with Gasteiger partial charge in [-0.2, -0.15) is 0 Å². The molecule has 11 heteroatoms. The van der Waals surface area contributed by atoms with E-state index in [1.807, 2.05) is 19.1 Å². The summed E-state index contributed by atoms with van der Waals surface area (Å²) in [6, 6.07) is 15.5. The first-order valence-electron chi connectivity index (χ1n) is 11.3. The number of hydrogen-bond acceptors (Lipinski definition) is 5. The highest BCUT2D eigenvalue weighted by molar-refractivity contribution is 6.37. The SMILES string of the molecule is Cc1ccc(NC(=O)CN2C(=O)N/C(=C/c3cc(Cl)c(OCc4ccc(C(=O)O)cc4)c(Cl)c3)C2=O)cc1. The molecule has 1 fully saturated rings. The monoisotopic (exact) mass is 553 g/mol. The number of carbonyl (C=O) groups is 4. The summed E-state index contributed by atoms with van der Waals surface area (Å²) >= 11 is 12.7. The molecular weight excluding hydrogens is 533 g/mol. The van der Waals surface area contributed by atoms with E-state index >= 15 is 0 Å². The zero-order chi connectivity index (χ0) is 27.4. The van der Waals surface area contributed by atoms with Gasteiger partial charge in [0, 0.05) is 5.69 Å². The number of ether oxygens (including phenoxy) is 1. The Bertz CT molecular complexity index is 1430. The van der Waals surface area contributed by atoms with Gasteiger partial charge in [-0.1, -0.05) is 53.0 Å². The molecule has 1 aliphatic rings. The Kier molecular flexibility index (Phi) is 7.99. The van der Waals surface area contributed by atoms with E-state index in [2.05, 4.69) is 10.6 Å². The third-order valence-electron chi connectivity index (χ3n) is 5.52. The largest absolute Gasteiger partial charge is 0.486 e. The molecule has 4 amide bonds. The van der Waals surface area contributed by atoms with Gasteiger partial charge in [0.05, 0.1) is 15.6 Å². The van der Waals surface area contributed by atoms with E-state index in [1.165, 1.54) is 30.3 Å². The lowest BCUT2D eigenvalue weighted by Crippen LogP contribution is -2.38. The van der Waals surface area contributed by atoms with Gasteiger partial charge >= 0.3 is 12.0 Å². The quantitative estimate of drug-likeness (QED) is 0.263. The summed E-state index contributed by atoms with van der Waals surface area (Å²) in [6.07, 6.45) is 1.39. The minimum absolute atomic E-state index is 0.0440. The smallest absolute Gasteiger partial charge is 0.335 e. The molecule has 0 radical (unpaired) electrons. The van der Waals surface area contributed by atoms with Gasteiger partial charge in [0.2, 0.25) is 5.91 Å². The van der Waals surface area contributed by atoms with Gasteiger partial charge in [-0.15, -0.1) is 0 Å². The third kappa shape index (κ3) is 6.31. The number of halogens is 2. The zero-order valence-electron chi connectivity index (χ0n) is 20.0. The Labute approximate surface area is 227 Å². The minimum Gasteiger partial charge on any atom is -0.486 e. The topological polar surface area (TPSA) is 125 Å². The molecule has 0 unspecified atom stereocenters. The number of hydrogen-bond donors (Lipinski definition) is 3. The normalized spacial score (nSPS) is 14.0. The number of aromatic carboxylic acids is 1. The molecule has 3 aromatic rings. The molecule has 4 rings (SSSR count). The predicted molar refractivity (Wildman–Crippen MR) is 142 cm³/mol. The molecule has 3 aromatic carbocycles. The van der Waals surface area contributed by atoms with Crippen molar-refractivity contribution in [3.63, 3.8) is 0 Å². The number of urea groups is 1. The Morgan fingerprint density at radius 2 is 1.66 bits per heavy atom. The number of carboxylic acids is 1. The van der Waals surface area contributed by atoms with Crippen molar-refractivity contribution in [3.05, 3.63) is 98.7 Å². The molecular formula is C27H21Cl2N3O6. The second-order valence-electron chi connectivity index (χ2n) is 8.40. The van der Waals surface area contributed by atoms with E-state index in [1.54, 1.807) is 24.3 Å². The molecule has 3 N–H and O–H groups in total. The molecule has 9 nitrogen and oxygen atoms in total. The number of anilines is 1. The van der Waals surface area contributed by atoms with Gasteiger partial charge in [-0.25, -0.2) is 14.5 Å². The van der Waals surface area contributed by atoms with Crippen LogP contribution in [0, 0.1) is 6.92 Å². The number of aryl methyl sites for hydroxylation is 1. The number of imide groups is 1. The average Bonchev–Trinajstić information content (AvgIpc) is 3.12. The van der Waals surface area contributed by atoms with Crippen molar-refractivity contribution < 1.29 is 29.0 Å². The fraction of sp³-hybridized carbons (Fsp3) is 0.111. The van der Waals surface area contributed by atoms with Crippen LogP contribution < -0.4 is 15.4 Å². The van der Waals surface area contributed by atoms with Crippen LogP contribution in [0.15, 0.2) is 66.4 Å². The van der Waals surface area contributed by atoms with Crippen LogP contribution in [0.2, 0.25) is 10.0 Å². The molecule has 1 heterocycles. The summed E-state index contributed by atoms with van der Waals surface area (Å²) in [5, 5.41) is 14.4. The maximum Gasteiger partial charge on any atom is 0.335 e. The molecule has 0 aromatic heterocycles. The fourth-order valence-corrected chi connectivity index (χ4v) is 4.18. The second-order valence-corrected chi connectivity index (χ2v) is 9.21. The highest BCUT2D eigenvalue weighted by Crippen LogP contribution is 2.35. The highest BCUT2D eigenvalue weighted by Gasteiger charge is 2.35. The van der Waals surface area contributed by atoms with Crippen molar-refractivity contribution in [2.24, 2.45) is 0 Å². The van der Waals surface area contributed by atoms with Crippen LogP contribution in [-0.4, -0.2) is 40.4 Å². The van der Waals surface area contributed by atoms with Crippen molar-refractivity contribution in [2.75, 3.05) is 11.9 Å². The molecule has 1 aliphatic heterocycles. The van der Waals surface area contributed by atoms with Crippen LogP contribution >= 0.6 is 23.2 Å². The second kappa shape index (κ2) is 11.4. The molecule has 0 atom stereocenters. The van der Waals surface area contributed by atoms with Crippen LogP contribution in [0.1, 0.15) is 27.0 Å². The van der Waals surface area contributed by atoms with Crippen LogP contribution in [0.25, 0.3) is 6.08 Å². The molecule has 1 saturated heterocycles. The van der Waals surface area contributed by atoms with Gasteiger partial charge in [-0.05, 0) is 60.5 Å². The van der Waals surface area contributed by atoms with Crippen molar-refractivity contribution in [1.82, 2.24) is 10.2 Å². The number of amides is 4. The standard InChI is InChI=1S/C27H21Cl2N3O6/c1-15-2-8-19(9-3-15)30-23(33)13-32-25(34)22(31-27(32)37)12-17-10-20(28)24(21(29)11-17)38-14-16-4-6-18(7-5-16)26(35)36/h2-12H,13-14H2,1H3,(H,30,33)(H,31,37)(H,35,36)/b22-12+. The Balaban J connectivity index is 1.42. The van der Waals surface area contributed by atoms with Crippen molar-refractivity contribution >= 4 is 58.8 Å². The molecule has 194 valence electrons. The van der Waals surface area contributed by atoms with Crippen LogP contribution in [0.3, 0.4) is 0 Å². The molecule has 0 saturated carbocycles. The zero-order valence-corrected chi connectivity index (χ0v) is 21.5. The highest BCUT2D eigenvalue weighted by atomic mass is 35.5. The Hall–Kier alpha value is -4.34. The Morgan fingerprint density at radius 1 is 1.03 bits per heavy atom. The summed E-state index contributed by atoms with van der Waals surface area (Å²) in [5.41, 5.74) is 2.82. The van der Waals surface area contributed by atoms with Crippen LogP contribution in [-0.2, 0) is 16.2 Å². The predicted octanol–water partition coefficient (Wildman–Crippen LogP) is 5.11.